The van der Waals surface area contributed by atoms with Crippen molar-refractivity contribution >= 4 is 17.6 Å². The molecular weight excluding hydrogens is 332 g/mol. The van der Waals surface area contributed by atoms with Crippen LogP contribution in [0.2, 0.25) is 5.02 Å². The Kier molecular flexibility index (Phi) is 4.96. The van der Waals surface area contributed by atoms with Gasteiger partial charge in [-0.15, -0.1) is 0 Å². The molecule has 0 aliphatic carbocycles. The van der Waals surface area contributed by atoms with E-state index in [-0.39, 0.29) is 12.8 Å². The van der Waals surface area contributed by atoms with Crippen molar-refractivity contribution in [1.82, 2.24) is 10.6 Å². The maximum absolute atomic E-state index is 11.9. The number of amides is 2. The predicted molar refractivity (Wildman–Crippen MR) is 89.5 cm³/mol. The Morgan fingerprint density at radius 1 is 1.21 bits per heavy atom. The Bertz CT molecular complexity index is 721. The number of carbonyl (C=O) groups is 1. The van der Waals surface area contributed by atoms with E-state index in [1.807, 2.05) is 18.2 Å². The van der Waals surface area contributed by atoms with E-state index in [0.29, 0.717) is 28.8 Å². The number of halogens is 1. The molecule has 6 nitrogen and oxygen atoms in total. The van der Waals surface area contributed by atoms with E-state index in [9.17, 15) is 4.79 Å². The molecule has 0 fully saturated rings. The number of nitrogens with one attached hydrogen (secondary N) is 2. The Morgan fingerprint density at radius 3 is 2.75 bits per heavy atom. The highest BCUT2D eigenvalue weighted by Crippen LogP contribution is 2.32. The third-order valence-corrected chi connectivity index (χ3v) is 3.60. The van der Waals surface area contributed by atoms with Crippen LogP contribution in [0.15, 0.2) is 42.5 Å². The van der Waals surface area contributed by atoms with E-state index < -0.39 is 6.23 Å². The molecule has 1 aliphatic heterocycles. The fraction of sp³-hybridized carbons (Fsp3) is 0.235. The molecule has 1 atom stereocenters. The van der Waals surface area contributed by atoms with Crippen molar-refractivity contribution < 1.29 is 19.0 Å². The van der Waals surface area contributed by atoms with Crippen LogP contribution in [0.3, 0.4) is 0 Å². The number of hydrogen-bond donors (Lipinski definition) is 2. The second kappa shape index (κ2) is 7.31. The number of rotatable bonds is 5. The summed E-state index contributed by atoms with van der Waals surface area (Å²) in [7, 11) is 0. The minimum atomic E-state index is -0.483. The standard InChI is InChI=1S/C17H17ClN2O4/c1-11(24-14-5-3-13(18)4-6-14)20-17(21)19-9-12-2-7-15-16(8-12)23-10-22-15/h2-8,11H,9-10H2,1H3,(H2,19,20,21). The van der Waals surface area contributed by atoms with Gasteiger partial charge in [-0.25, -0.2) is 4.79 Å². The van der Waals surface area contributed by atoms with Crippen molar-refractivity contribution in [3.05, 3.63) is 53.1 Å². The van der Waals surface area contributed by atoms with Gasteiger partial charge in [0.15, 0.2) is 17.7 Å². The molecule has 0 spiro atoms. The summed E-state index contributed by atoms with van der Waals surface area (Å²) in [5.74, 6) is 2.03. The molecule has 0 saturated heterocycles. The summed E-state index contributed by atoms with van der Waals surface area (Å²) < 4.78 is 16.1. The predicted octanol–water partition coefficient (Wildman–Crippen LogP) is 3.29. The zero-order chi connectivity index (χ0) is 16.9. The first-order valence-electron chi connectivity index (χ1n) is 7.45. The average molecular weight is 349 g/mol. The molecule has 2 aromatic rings. The molecule has 2 aromatic carbocycles. The molecule has 0 aromatic heterocycles. The quantitative estimate of drug-likeness (QED) is 0.813. The van der Waals surface area contributed by atoms with E-state index in [4.69, 9.17) is 25.8 Å². The van der Waals surface area contributed by atoms with Crippen LogP contribution in [0.1, 0.15) is 12.5 Å². The Hall–Kier alpha value is -2.60. The minimum absolute atomic E-state index is 0.228. The zero-order valence-corrected chi connectivity index (χ0v) is 13.8. The summed E-state index contributed by atoms with van der Waals surface area (Å²) in [6, 6.07) is 12.2. The maximum Gasteiger partial charge on any atom is 0.317 e. The zero-order valence-electron chi connectivity index (χ0n) is 13.0. The van der Waals surface area contributed by atoms with Gasteiger partial charge in [-0.2, -0.15) is 0 Å². The molecule has 1 heterocycles. The fourth-order valence-electron chi connectivity index (χ4n) is 2.22. The molecular formula is C17H17ClN2O4. The van der Waals surface area contributed by atoms with Crippen LogP contribution in [0, 0.1) is 0 Å². The lowest BCUT2D eigenvalue weighted by molar-refractivity contribution is 0.173. The summed E-state index contributed by atoms with van der Waals surface area (Å²) in [5, 5.41) is 6.10. The van der Waals surface area contributed by atoms with Gasteiger partial charge in [-0.1, -0.05) is 17.7 Å². The third kappa shape index (κ3) is 4.23. The summed E-state index contributed by atoms with van der Waals surface area (Å²) in [6.45, 7) is 2.34. The molecule has 0 radical (unpaired) electrons. The normalized spacial score (nSPS) is 13.2. The average Bonchev–Trinajstić information content (AvgIpc) is 3.02. The number of ether oxygens (including phenoxy) is 3. The molecule has 2 amide bonds. The Balaban J connectivity index is 1.46. The van der Waals surface area contributed by atoms with Crippen LogP contribution >= 0.6 is 11.6 Å². The third-order valence-electron chi connectivity index (χ3n) is 3.35. The van der Waals surface area contributed by atoms with E-state index in [0.717, 1.165) is 5.56 Å². The topological polar surface area (TPSA) is 68.8 Å². The summed E-state index contributed by atoms with van der Waals surface area (Å²) in [5.41, 5.74) is 0.917. The van der Waals surface area contributed by atoms with Gasteiger partial charge in [0.2, 0.25) is 6.79 Å². The van der Waals surface area contributed by atoms with Crippen LogP contribution in [0.25, 0.3) is 0 Å². The Labute approximate surface area is 144 Å². The van der Waals surface area contributed by atoms with E-state index >= 15 is 0 Å². The highest BCUT2D eigenvalue weighted by molar-refractivity contribution is 6.30. The van der Waals surface area contributed by atoms with E-state index in [1.165, 1.54) is 0 Å². The van der Waals surface area contributed by atoms with Gasteiger partial charge in [0.25, 0.3) is 0 Å². The summed E-state index contributed by atoms with van der Waals surface area (Å²) >= 11 is 5.82. The van der Waals surface area contributed by atoms with Gasteiger partial charge in [-0.3, -0.25) is 0 Å². The monoisotopic (exact) mass is 348 g/mol. The van der Waals surface area contributed by atoms with Crippen molar-refractivity contribution in [2.24, 2.45) is 0 Å². The molecule has 1 unspecified atom stereocenters. The highest BCUT2D eigenvalue weighted by Gasteiger charge is 2.14. The SMILES string of the molecule is CC(NC(=O)NCc1ccc2c(c1)OCO2)Oc1ccc(Cl)cc1. The van der Waals surface area contributed by atoms with Crippen LogP contribution < -0.4 is 24.8 Å². The van der Waals surface area contributed by atoms with Crippen molar-refractivity contribution in [1.29, 1.82) is 0 Å². The maximum atomic E-state index is 11.9. The second-order valence-electron chi connectivity index (χ2n) is 5.23. The van der Waals surface area contributed by atoms with Crippen LogP contribution in [-0.4, -0.2) is 19.1 Å². The highest BCUT2D eigenvalue weighted by atomic mass is 35.5. The first-order chi connectivity index (χ1) is 11.6. The lowest BCUT2D eigenvalue weighted by Crippen LogP contribution is -2.43. The van der Waals surface area contributed by atoms with Gasteiger partial charge in [-0.05, 0) is 48.9 Å². The molecule has 3 rings (SSSR count). The Morgan fingerprint density at radius 2 is 1.96 bits per heavy atom. The number of urea groups is 1. The molecule has 0 saturated carbocycles. The molecule has 24 heavy (non-hydrogen) atoms. The van der Waals surface area contributed by atoms with Gasteiger partial charge in [0, 0.05) is 11.6 Å². The summed E-state index contributed by atoms with van der Waals surface area (Å²) in [4.78, 5) is 11.9. The van der Waals surface area contributed by atoms with Crippen molar-refractivity contribution in [2.75, 3.05) is 6.79 Å². The summed E-state index contributed by atoms with van der Waals surface area (Å²) in [6.07, 6.45) is -0.483. The molecule has 0 bridgehead atoms. The second-order valence-corrected chi connectivity index (χ2v) is 5.67. The lowest BCUT2D eigenvalue weighted by Gasteiger charge is -2.17. The van der Waals surface area contributed by atoms with Crippen molar-refractivity contribution in [3.63, 3.8) is 0 Å². The molecule has 2 N–H and O–H groups in total. The first kappa shape index (κ1) is 16.3. The van der Waals surface area contributed by atoms with Gasteiger partial charge in [0.05, 0.1) is 0 Å². The fourth-order valence-corrected chi connectivity index (χ4v) is 2.34. The van der Waals surface area contributed by atoms with Gasteiger partial charge >= 0.3 is 6.03 Å². The van der Waals surface area contributed by atoms with Crippen LogP contribution in [0.5, 0.6) is 17.2 Å². The lowest BCUT2D eigenvalue weighted by atomic mass is 10.2. The molecule has 126 valence electrons. The van der Waals surface area contributed by atoms with Gasteiger partial charge < -0.3 is 24.8 Å². The number of carbonyl (C=O) groups excluding carboxylic acids is 1. The first-order valence-corrected chi connectivity index (χ1v) is 7.83. The van der Waals surface area contributed by atoms with E-state index in [2.05, 4.69) is 10.6 Å². The van der Waals surface area contributed by atoms with Crippen molar-refractivity contribution in [3.8, 4) is 17.2 Å². The van der Waals surface area contributed by atoms with E-state index in [1.54, 1.807) is 31.2 Å². The van der Waals surface area contributed by atoms with Crippen LogP contribution in [0.4, 0.5) is 4.79 Å². The molecule has 1 aliphatic rings. The number of benzene rings is 2. The largest absolute Gasteiger partial charge is 0.471 e. The van der Waals surface area contributed by atoms with Gasteiger partial charge in [0.1, 0.15) is 5.75 Å². The van der Waals surface area contributed by atoms with Crippen LogP contribution in [-0.2, 0) is 6.54 Å². The minimum Gasteiger partial charge on any atom is -0.471 e. The number of fused-ring (bicyclic) bond motifs is 1. The number of hydrogen-bond acceptors (Lipinski definition) is 4. The molecule has 7 heteroatoms. The smallest absolute Gasteiger partial charge is 0.317 e. The van der Waals surface area contributed by atoms with Crippen molar-refractivity contribution in [2.45, 2.75) is 19.7 Å².